The topological polar surface area (TPSA) is 48.9 Å². The number of guanidine groups is 1. The van der Waals surface area contributed by atoms with Crippen LogP contribution in [0.5, 0.6) is 0 Å². The number of rotatable bonds is 10. The summed E-state index contributed by atoms with van der Waals surface area (Å²) < 4.78 is 5.34. The van der Waals surface area contributed by atoms with Crippen molar-refractivity contribution in [2.24, 2.45) is 4.99 Å². The Bertz CT molecular complexity index is 364. The van der Waals surface area contributed by atoms with Gasteiger partial charge in [0, 0.05) is 19.6 Å². The van der Waals surface area contributed by atoms with E-state index in [2.05, 4.69) is 47.4 Å². The first-order valence-corrected chi connectivity index (χ1v) is 9.14. The van der Waals surface area contributed by atoms with E-state index >= 15 is 0 Å². The Morgan fingerprint density at radius 2 is 2.17 bits per heavy atom. The highest BCUT2D eigenvalue weighted by Crippen LogP contribution is 2.10. The highest BCUT2D eigenvalue weighted by Gasteiger charge is 2.07. The van der Waals surface area contributed by atoms with Crippen molar-refractivity contribution in [2.45, 2.75) is 52.5 Å². The lowest BCUT2D eigenvalue weighted by Gasteiger charge is -2.21. The standard InChI is InChI=1S/C18H36N4O/c1-5-22(6-2)13-7-8-16(3)21-18(19-4)20-12-9-17-10-14-23-15-11-17/h10,16H,5-9,11-15H2,1-4H3,(H2,19,20,21). The maximum atomic E-state index is 5.34. The normalized spacial score (nSPS) is 17.1. The Labute approximate surface area is 142 Å². The maximum absolute atomic E-state index is 5.34. The van der Waals surface area contributed by atoms with E-state index in [-0.39, 0.29) is 0 Å². The van der Waals surface area contributed by atoms with E-state index in [9.17, 15) is 0 Å². The fourth-order valence-corrected chi connectivity index (χ4v) is 2.80. The molecule has 0 fully saturated rings. The molecule has 1 aliphatic rings. The molecule has 0 bridgehead atoms. The van der Waals surface area contributed by atoms with Gasteiger partial charge in [-0.3, -0.25) is 4.99 Å². The van der Waals surface area contributed by atoms with Crippen LogP contribution in [0.15, 0.2) is 16.6 Å². The molecule has 5 heteroatoms. The first kappa shape index (κ1) is 20.0. The van der Waals surface area contributed by atoms with Gasteiger partial charge in [-0.25, -0.2) is 0 Å². The van der Waals surface area contributed by atoms with Gasteiger partial charge in [-0.15, -0.1) is 0 Å². The van der Waals surface area contributed by atoms with Gasteiger partial charge in [-0.05, 0) is 52.2 Å². The van der Waals surface area contributed by atoms with Crippen molar-refractivity contribution < 1.29 is 4.74 Å². The summed E-state index contributed by atoms with van der Waals surface area (Å²) in [7, 11) is 1.84. The predicted octanol–water partition coefficient (Wildman–Crippen LogP) is 2.40. The molecule has 134 valence electrons. The third kappa shape index (κ3) is 8.96. The van der Waals surface area contributed by atoms with Gasteiger partial charge < -0.3 is 20.3 Å². The molecule has 5 nitrogen and oxygen atoms in total. The number of aliphatic imine (C=N–C) groups is 1. The molecule has 1 atom stereocenters. The summed E-state index contributed by atoms with van der Waals surface area (Å²) in [5.74, 6) is 0.910. The molecule has 0 amide bonds. The first-order valence-electron chi connectivity index (χ1n) is 9.14. The molecule has 0 spiro atoms. The molecule has 0 saturated carbocycles. The van der Waals surface area contributed by atoms with Crippen molar-refractivity contribution in [3.8, 4) is 0 Å². The Morgan fingerprint density at radius 1 is 1.39 bits per heavy atom. The number of ether oxygens (including phenoxy) is 1. The van der Waals surface area contributed by atoms with Gasteiger partial charge >= 0.3 is 0 Å². The molecule has 0 radical (unpaired) electrons. The van der Waals surface area contributed by atoms with Crippen molar-refractivity contribution in [3.05, 3.63) is 11.6 Å². The highest BCUT2D eigenvalue weighted by molar-refractivity contribution is 5.79. The van der Waals surface area contributed by atoms with Crippen molar-refractivity contribution >= 4 is 5.96 Å². The minimum atomic E-state index is 0.444. The number of hydrogen-bond donors (Lipinski definition) is 2. The van der Waals surface area contributed by atoms with Crippen LogP contribution in [0, 0.1) is 0 Å². The number of nitrogens with one attached hydrogen (secondary N) is 2. The fraction of sp³-hybridized carbons (Fsp3) is 0.833. The zero-order chi connectivity index (χ0) is 16.9. The summed E-state index contributed by atoms with van der Waals surface area (Å²) in [6, 6.07) is 0.444. The molecule has 23 heavy (non-hydrogen) atoms. The lowest BCUT2D eigenvalue weighted by molar-refractivity contribution is 0.153. The van der Waals surface area contributed by atoms with E-state index in [0.717, 1.165) is 51.6 Å². The molecule has 0 aromatic heterocycles. The minimum absolute atomic E-state index is 0.444. The Balaban J connectivity index is 2.17. The number of nitrogens with zero attached hydrogens (tertiary/aromatic N) is 2. The molecular weight excluding hydrogens is 288 g/mol. The van der Waals surface area contributed by atoms with Gasteiger partial charge in [0.05, 0.1) is 13.2 Å². The fourth-order valence-electron chi connectivity index (χ4n) is 2.80. The van der Waals surface area contributed by atoms with Crippen LogP contribution in [0.2, 0.25) is 0 Å². The van der Waals surface area contributed by atoms with Crippen LogP contribution < -0.4 is 10.6 Å². The van der Waals surface area contributed by atoms with Crippen molar-refractivity contribution in [2.75, 3.05) is 46.4 Å². The van der Waals surface area contributed by atoms with Crippen LogP contribution in [-0.4, -0.2) is 63.3 Å². The lowest BCUT2D eigenvalue weighted by Crippen LogP contribution is -2.42. The van der Waals surface area contributed by atoms with Gasteiger partial charge in [0.2, 0.25) is 0 Å². The summed E-state index contributed by atoms with van der Waals surface area (Å²) in [5.41, 5.74) is 1.49. The molecule has 0 aromatic carbocycles. The van der Waals surface area contributed by atoms with Crippen molar-refractivity contribution in [1.82, 2.24) is 15.5 Å². The van der Waals surface area contributed by atoms with E-state index in [1.165, 1.54) is 25.0 Å². The van der Waals surface area contributed by atoms with Gasteiger partial charge in [0.15, 0.2) is 5.96 Å². The summed E-state index contributed by atoms with van der Waals surface area (Å²) in [6.07, 6.45) is 6.73. The monoisotopic (exact) mass is 324 g/mol. The van der Waals surface area contributed by atoms with Crippen LogP contribution in [0.1, 0.15) is 46.5 Å². The van der Waals surface area contributed by atoms with E-state index in [4.69, 9.17) is 4.74 Å². The SMILES string of the molecule is CCN(CC)CCCC(C)NC(=NC)NCCC1=CCOCC1. The van der Waals surface area contributed by atoms with Crippen LogP contribution in [0.4, 0.5) is 0 Å². The molecule has 0 aromatic rings. The van der Waals surface area contributed by atoms with Crippen LogP contribution in [-0.2, 0) is 4.74 Å². The Kier molecular flexibility index (Phi) is 10.7. The smallest absolute Gasteiger partial charge is 0.191 e. The van der Waals surface area contributed by atoms with E-state index < -0.39 is 0 Å². The zero-order valence-corrected chi connectivity index (χ0v) is 15.5. The molecule has 2 N–H and O–H groups in total. The first-order chi connectivity index (χ1) is 11.2. The quantitative estimate of drug-likeness (QED) is 0.368. The second-order valence-electron chi connectivity index (χ2n) is 6.15. The molecule has 1 aliphatic heterocycles. The molecule has 1 rings (SSSR count). The molecule has 1 unspecified atom stereocenters. The summed E-state index contributed by atoms with van der Waals surface area (Å²) in [6.45, 7) is 12.7. The third-order valence-corrected chi connectivity index (χ3v) is 4.41. The number of hydrogen-bond acceptors (Lipinski definition) is 3. The molecular formula is C18H36N4O. The second-order valence-corrected chi connectivity index (χ2v) is 6.15. The van der Waals surface area contributed by atoms with Crippen molar-refractivity contribution in [1.29, 1.82) is 0 Å². The molecule has 0 aliphatic carbocycles. The van der Waals surface area contributed by atoms with Crippen LogP contribution >= 0.6 is 0 Å². The second kappa shape index (κ2) is 12.4. The Morgan fingerprint density at radius 3 is 2.78 bits per heavy atom. The average Bonchev–Trinajstić information content (AvgIpc) is 2.58. The van der Waals surface area contributed by atoms with Gasteiger partial charge in [-0.1, -0.05) is 25.5 Å². The Hall–Kier alpha value is -1.07. The van der Waals surface area contributed by atoms with E-state index in [0.29, 0.717) is 6.04 Å². The maximum Gasteiger partial charge on any atom is 0.191 e. The lowest BCUT2D eigenvalue weighted by atomic mass is 10.1. The zero-order valence-electron chi connectivity index (χ0n) is 15.5. The van der Waals surface area contributed by atoms with Crippen LogP contribution in [0.3, 0.4) is 0 Å². The van der Waals surface area contributed by atoms with Gasteiger partial charge in [-0.2, -0.15) is 0 Å². The highest BCUT2D eigenvalue weighted by atomic mass is 16.5. The van der Waals surface area contributed by atoms with Gasteiger partial charge in [0.1, 0.15) is 0 Å². The van der Waals surface area contributed by atoms with Crippen LogP contribution in [0.25, 0.3) is 0 Å². The molecule has 0 saturated heterocycles. The average molecular weight is 325 g/mol. The summed E-state index contributed by atoms with van der Waals surface area (Å²) in [4.78, 5) is 6.80. The summed E-state index contributed by atoms with van der Waals surface area (Å²) in [5, 5.41) is 6.91. The third-order valence-electron chi connectivity index (χ3n) is 4.41. The van der Waals surface area contributed by atoms with E-state index in [1.54, 1.807) is 0 Å². The van der Waals surface area contributed by atoms with Gasteiger partial charge in [0.25, 0.3) is 0 Å². The largest absolute Gasteiger partial charge is 0.377 e. The summed E-state index contributed by atoms with van der Waals surface area (Å²) >= 11 is 0. The van der Waals surface area contributed by atoms with Crippen molar-refractivity contribution in [3.63, 3.8) is 0 Å². The van der Waals surface area contributed by atoms with E-state index in [1.807, 2.05) is 7.05 Å². The minimum Gasteiger partial charge on any atom is -0.377 e. The predicted molar refractivity (Wildman–Crippen MR) is 99.1 cm³/mol. The molecule has 1 heterocycles.